The Kier molecular flexibility index (Phi) is 2.88. The lowest BCUT2D eigenvalue weighted by Crippen LogP contribution is -1.86. The highest BCUT2D eigenvalue weighted by Crippen LogP contribution is 2.40. The van der Waals surface area contributed by atoms with Gasteiger partial charge in [-0.2, -0.15) is 11.3 Å². The largest absolute Gasteiger partial charge is 0.408 e. The number of pyridine rings is 1. The second-order valence-corrected chi connectivity index (χ2v) is 6.50. The molecule has 0 saturated carbocycles. The number of fused-ring (bicyclic) bond motifs is 1. The molecule has 0 radical (unpaired) electrons. The molecule has 0 saturated heterocycles. The van der Waals surface area contributed by atoms with Crippen LogP contribution in [0.25, 0.3) is 32.1 Å². The number of H-pyrrole nitrogens is 1. The van der Waals surface area contributed by atoms with Crippen LogP contribution in [0.1, 0.15) is 0 Å². The normalized spacial score (nSPS) is 11.2. The van der Waals surface area contributed by atoms with Crippen molar-refractivity contribution in [3.63, 3.8) is 0 Å². The Labute approximate surface area is 132 Å². The molecule has 4 rings (SSSR count). The first-order valence-electron chi connectivity index (χ1n) is 5.99. The summed E-state index contributed by atoms with van der Waals surface area (Å²) >= 11 is 7.99. The smallest absolute Gasteiger partial charge is 0.284 e. The molecule has 0 aromatic carbocycles. The lowest BCUT2D eigenvalue weighted by atomic mass is 10.1. The number of hydrogen-bond acceptors (Lipinski definition) is 7. The van der Waals surface area contributed by atoms with Gasteiger partial charge in [0, 0.05) is 17.1 Å². The first-order chi connectivity index (χ1) is 10.2. The summed E-state index contributed by atoms with van der Waals surface area (Å²) in [5, 5.41) is 11.7. The SMILES string of the molecule is Nc1c(-c2n[nH]c(=S)o2)sc2ncc(-c3ccsc3)cc12. The first kappa shape index (κ1) is 12.7. The number of aromatic nitrogens is 3. The van der Waals surface area contributed by atoms with E-state index < -0.39 is 0 Å². The molecule has 21 heavy (non-hydrogen) atoms. The van der Waals surface area contributed by atoms with Gasteiger partial charge >= 0.3 is 0 Å². The molecule has 5 nitrogen and oxygen atoms in total. The standard InChI is InChI=1S/C13H8N4OS3/c14-9-8-3-7(6-1-2-20-5-6)4-15-12(8)21-10(9)11-16-17-13(19)18-11/h1-5H,14H2,(H,17,19). The molecule has 104 valence electrons. The van der Waals surface area contributed by atoms with Gasteiger partial charge in [-0.25, -0.2) is 10.1 Å². The van der Waals surface area contributed by atoms with Crippen molar-refractivity contribution in [3.05, 3.63) is 33.9 Å². The third kappa shape index (κ3) is 2.08. The second kappa shape index (κ2) is 4.76. The van der Waals surface area contributed by atoms with Crippen LogP contribution in [0, 0.1) is 4.84 Å². The Balaban J connectivity index is 1.92. The summed E-state index contributed by atoms with van der Waals surface area (Å²) in [5.41, 5.74) is 9.03. The quantitative estimate of drug-likeness (QED) is 0.534. The van der Waals surface area contributed by atoms with Gasteiger partial charge in [0.15, 0.2) is 0 Å². The monoisotopic (exact) mass is 332 g/mol. The van der Waals surface area contributed by atoms with E-state index in [0.717, 1.165) is 26.2 Å². The number of aromatic amines is 1. The fourth-order valence-corrected chi connectivity index (χ4v) is 3.83. The summed E-state index contributed by atoms with van der Waals surface area (Å²) in [6.45, 7) is 0. The molecule has 0 fully saturated rings. The summed E-state index contributed by atoms with van der Waals surface area (Å²) in [7, 11) is 0. The minimum absolute atomic E-state index is 0.230. The lowest BCUT2D eigenvalue weighted by Gasteiger charge is -1.98. The highest BCUT2D eigenvalue weighted by Gasteiger charge is 2.17. The van der Waals surface area contributed by atoms with Gasteiger partial charge in [-0.05, 0) is 40.7 Å². The molecule has 0 aliphatic carbocycles. The Morgan fingerprint density at radius 1 is 1.33 bits per heavy atom. The molecule has 0 spiro atoms. The van der Waals surface area contributed by atoms with Crippen LogP contribution in [-0.4, -0.2) is 15.2 Å². The molecular formula is C13H8N4OS3. The van der Waals surface area contributed by atoms with Crippen LogP contribution >= 0.6 is 34.9 Å². The zero-order valence-electron chi connectivity index (χ0n) is 10.5. The van der Waals surface area contributed by atoms with E-state index in [9.17, 15) is 0 Å². The molecule has 3 N–H and O–H groups in total. The average Bonchev–Trinajstić information content (AvgIpc) is 3.19. The molecule has 4 aromatic heterocycles. The van der Waals surface area contributed by atoms with Crippen molar-refractivity contribution in [2.24, 2.45) is 0 Å². The number of nitrogens with two attached hydrogens (primary N) is 1. The molecular weight excluding hydrogens is 324 g/mol. The number of rotatable bonds is 2. The number of nitrogen functional groups attached to an aromatic ring is 1. The van der Waals surface area contributed by atoms with Gasteiger partial charge in [0.25, 0.3) is 10.7 Å². The van der Waals surface area contributed by atoms with E-state index in [0.29, 0.717) is 11.6 Å². The maximum atomic E-state index is 6.23. The third-order valence-corrected chi connectivity index (χ3v) is 5.05. The van der Waals surface area contributed by atoms with E-state index in [1.54, 1.807) is 11.3 Å². The summed E-state index contributed by atoms with van der Waals surface area (Å²) < 4.78 is 5.33. The van der Waals surface area contributed by atoms with Crippen molar-refractivity contribution < 1.29 is 4.42 Å². The maximum absolute atomic E-state index is 6.23. The summed E-state index contributed by atoms with van der Waals surface area (Å²) in [6.07, 6.45) is 1.85. The number of hydrogen-bond donors (Lipinski definition) is 2. The van der Waals surface area contributed by atoms with E-state index in [2.05, 4.69) is 26.6 Å². The van der Waals surface area contributed by atoms with Crippen molar-refractivity contribution >= 4 is 50.8 Å². The first-order valence-corrected chi connectivity index (χ1v) is 8.15. The van der Waals surface area contributed by atoms with Crippen molar-refractivity contribution in [2.45, 2.75) is 0 Å². The Bertz CT molecular complexity index is 981. The molecule has 0 aliphatic rings. The Hall–Kier alpha value is -2.03. The van der Waals surface area contributed by atoms with E-state index >= 15 is 0 Å². The topological polar surface area (TPSA) is 80.7 Å². The van der Waals surface area contributed by atoms with Gasteiger partial charge in [0.1, 0.15) is 9.71 Å². The van der Waals surface area contributed by atoms with Gasteiger partial charge in [-0.15, -0.1) is 16.4 Å². The van der Waals surface area contributed by atoms with Crippen LogP contribution < -0.4 is 5.73 Å². The highest BCUT2D eigenvalue weighted by atomic mass is 32.1. The van der Waals surface area contributed by atoms with Crippen LogP contribution in [0.2, 0.25) is 0 Å². The average molecular weight is 332 g/mol. The second-order valence-electron chi connectivity index (χ2n) is 4.35. The molecule has 4 aromatic rings. The molecule has 0 amide bonds. The van der Waals surface area contributed by atoms with Crippen molar-refractivity contribution in [1.82, 2.24) is 15.2 Å². The number of nitrogens with zero attached hydrogens (tertiary/aromatic N) is 2. The van der Waals surface area contributed by atoms with E-state index in [1.165, 1.54) is 11.3 Å². The molecule has 4 heterocycles. The van der Waals surface area contributed by atoms with Gasteiger partial charge in [0.2, 0.25) is 0 Å². The molecule has 0 aliphatic heterocycles. The Morgan fingerprint density at radius 3 is 2.95 bits per heavy atom. The zero-order chi connectivity index (χ0) is 14.4. The van der Waals surface area contributed by atoms with Crippen molar-refractivity contribution in [1.29, 1.82) is 0 Å². The lowest BCUT2D eigenvalue weighted by molar-refractivity contribution is 0.553. The maximum Gasteiger partial charge on any atom is 0.284 e. The molecule has 0 atom stereocenters. The summed E-state index contributed by atoms with van der Waals surface area (Å²) in [6, 6.07) is 4.10. The van der Waals surface area contributed by atoms with E-state index in [4.69, 9.17) is 22.4 Å². The minimum Gasteiger partial charge on any atom is -0.408 e. The van der Waals surface area contributed by atoms with Crippen molar-refractivity contribution in [2.75, 3.05) is 5.73 Å². The zero-order valence-corrected chi connectivity index (χ0v) is 12.9. The fraction of sp³-hybridized carbons (Fsp3) is 0. The van der Waals surface area contributed by atoms with Gasteiger partial charge in [-0.1, -0.05) is 0 Å². The minimum atomic E-state index is 0.230. The van der Waals surface area contributed by atoms with Crippen LogP contribution in [0.3, 0.4) is 0 Å². The Morgan fingerprint density at radius 2 is 2.24 bits per heavy atom. The molecule has 0 unspecified atom stereocenters. The van der Waals surface area contributed by atoms with Crippen molar-refractivity contribution in [3.8, 4) is 21.9 Å². The predicted octanol–water partition coefficient (Wildman–Crippen LogP) is 4.32. The number of anilines is 1. The van der Waals surface area contributed by atoms with Crippen LogP contribution in [0.15, 0.2) is 33.5 Å². The highest BCUT2D eigenvalue weighted by molar-refractivity contribution is 7.71. The predicted molar refractivity (Wildman–Crippen MR) is 88.0 cm³/mol. The van der Waals surface area contributed by atoms with Gasteiger partial charge < -0.3 is 10.2 Å². The molecule has 8 heteroatoms. The van der Waals surface area contributed by atoms with Gasteiger partial charge in [-0.3, -0.25) is 0 Å². The fourth-order valence-electron chi connectivity index (χ4n) is 2.07. The third-order valence-electron chi connectivity index (χ3n) is 3.07. The summed E-state index contributed by atoms with van der Waals surface area (Å²) in [4.78, 5) is 6.31. The van der Waals surface area contributed by atoms with Crippen LogP contribution in [0.5, 0.6) is 0 Å². The van der Waals surface area contributed by atoms with Crippen LogP contribution in [0.4, 0.5) is 5.69 Å². The number of nitrogens with one attached hydrogen (secondary N) is 1. The van der Waals surface area contributed by atoms with E-state index in [-0.39, 0.29) is 4.84 Å². The van der Waals surface area contributed by atoms with Gasteiger partial charge in [0.05, 0.1) is 5.69 Å². The van der Waals surface area contributed by atoms with E-state index in [1.807, 2.05) is 17.6 Å². The molecule has 0 bridgehead atoms. The number of thiophene rings is 2. The van der Waals surface area contributed by atoms with Crippen LogP contribution in [-0.2, 0) is 0 Å². The summed E-state index contributed by atoms with van der Waals surface area (Å²) in [5.74, 6) is 0.401.